The Morgan fingerprint density at radius 2 is 1.83 bits per heavy atom. The number of hydrogen-bond donors (Lipinski definition) is 2. The lowest BCUT2D eigenvalue weighted by molar-refractivity contribution is 0.0945. The molecule has 0 aliphatic rings. The summed E-state index contributed by atoms with van der Waals surface area (Å²) < 4.78 is 13.0. The van der Waals surface area contributed by atoms with E-state index in [0.29, 0.717) is 11.6 Å². The number of carbonyl (C=O) groups is 1. The van der Waals surface area contributed by atoms with E-state index < -0.39 is 0 Å². The molecule has 4 aromatic rings. The van der Waals surface area contributed by atoms with Gasteiger partial charge in [-0.25, -0.2) is 14.4 Å². The Kier molecular flexibility index (Phi) is 5.11. The van der Waals surface area contributed by atoms with Gasteiger partial charge in [0.2, 0.25) is 5.95 Å². The Morgan fingerprint density at radius 1 is 1.03 bits per heavy atom. The number of aryl methyl sites for hydroxylation is 1. The van der Waals surface area contributed by atoms with Gasteiger partial charge in [0.05, 0.1) is 11.2 Å². The summed E-state index contributed by atoms with van der Waals surface area (Å²) in [5.74, 6) is -0.334. The van der Waals surface area contributed by atoms with E-state index in [4.69, 9.17) is 0 Å². The van der Waals surface area contributed by atoms with Crippen LogP contribution in [0, 0.1) is 12.7 Å². The highest BCUT2D eigenvalue weighted by Gasteiger charge is 2.12. The molecule has 0 bridgehead atoms. The van der Waals surface area contributed by atoms with Gasteiger partial charge in [-0.3, -0.25) is 9.78 Å². The maximum absolute atomic E-state index is 13.0. The minimum absolute atomic E-state index is 0.246. The molecule has 0 saturated heterocycles. The zero-order valence-corrected chi connectivity index (χ0v) is 15.7. The fourth-order valence-electron chi connectivity index (χ4n) is 2.94. The first kappa shape index (κ1) is 18.5. The van der Waals surface area contributed by atoms with E-state index in [-0.39, 0.29) is 24.0 Å². The minimum Gasteiger partial charge on any atom is -0.347 e. The molecule has 2 N–H and O–H groups in total. The molecule has 6 nitrogen and oxygen atoms in total. The van der Waals surface area contributed by atoms with Crippen molar-refractivity contribution < 1.29 is 9.18 Å². The number of fused-ring (bicyclic) bond motifs is 1. The van der Waals surface area contributed by atoms with E-state index in [0.717, 1.165) is 22.2 Å². The predicted molar refractivity (Wildman–Crippen MR) is 109 cm³/mol. The zero-order valence-electron chi connectivity index (χ0n) is 15.7. The van der Waals surface area contributed by atoms with Crippen LogP contribution in [0.25, 0.3) is 10.9 Å². The van der Waals surface area contributed by atoms with Gasteiger partial charge in [0, 0.05) is 23.8 Å². The van der Waals surface area contributed by atoms with Crippen molar-refractivity contribution in [1.29, 1.82) is 0 Å². The average molecular weight is 387 g/mol. The summed E-state index contributed by atoms with van der Waals surface area (Å²) in [5, 5.41) is 6.94. The van der Waals surface area contributed by atoms with Crippen molar-refractivity contribution in [2.24, 2.45) is 0 Å². The van der Waals surface area contributed by atoms with Crippen molar-refractivity contribution >= 4 is 28.4 Å². The maximum atomic E-state index is 13.0. The molecule has 2 aromatic heterocycles. The SMILES string of the molecule is Cc1cc(C(=O)NCc2ccc(F)cc2)nc(Nc2cccc3cccnc23)n1. The first-order valence-corrected chi connectivity index (χ1v) is 9.07. The molecule has 29 heavy (non-hydrogen) atoms. The number of carbonyl (C=O) groups excluding carboxylic acids is 1. The Morgan fingerprint density at radius 3 is 2.66 bits per heavy atom. The van der Waals surface area contributed by atoms with Crippen molar-refractivity contribution in [3.8, 4) is 0 Å². The van der Waals surface area contributed by atoms with Crippen molar-refractivity contribution in [3.05, 3.63) is 89.6 Å². The molecule has 0 saturated carbocycles. The van der Waals surface area contributed by atoms with Gasteiger partial charge in [-0.1, -0.05) is 30.3 Å². The van der Waals surface area contributed by atoms with Crippen LogP contribution < -0.4 is 10.6 Å². The number of aromatic nitrogens is 3. The number of halogens is 1. The van der Waals surface area contributed by atoms with Crippen LogP contribution in [0.15, 0.2) is 66.9 Å². The second kappa shape index (κ2) is 8.02. The fraction of sp³-hybridized carbons (Fsp3) is 0.0909. The van der Waals surface area contributed by atoms with Gasteiger partial charge in [-0.05, 0) is 42.8 Å². The first-order valence-electron chi connectivity index (χ1n) is 9.07. The summed E-state index contributed by atoms with van der Waals surface area (Å²) in [4.78, 5) is 25.7. The zero-order chi connectivity index (χ0) is 20.2. The van der Waals surface area contributed by atoms with E-state index >= 15 is 0 Å². The number of hydrogen-bond acceptors (Lipinski definition) is 5. The van der Waals surface area contributed by atoms with Crippen LogP contribution in [0.3, 0.4) is 0 Å². The number of pyridine rings is 1. The molecule has 0 spiro atoms. The predicted octanol–water partition coefficient (Wildman–Crippen LogP) is 4.15. The monoisotopic (exact) mass is 387 g/mol. The summed E-state index contributed by atoms with van der Waals surface area (Å²) in [7, 11) is 0. The van der Waals surface area contributed by atoms with Crippen molar-refractivity contribution in [1.82, 2.24) is 20.3 Å². The van der Waals surface area contributed by atoms with E-state index in [2.05, 4.69) is 25.6 Å². The smallest absolute Gasteiger partial charge is 0.270 e. The summed E-state index contributed by atoms with van der Waals surface area (Å²) in [6.45, 7) is 2.07. The number of rotatable bonds is 5. The third-order valence-electron chi connectivity index (χ3n) is 4.33. The summed E-state index contributed by atoms with van der Waals surface area (Å²) in [5.41, 5.74) is 3.25. The van der Waals surface area contributed by atoms with Gasteiger partial charge >= 0.3 is 0 Å². The lowest BCUT2D eigenvalue weighted by Crippen LogP contribution is -2.24. The number of nitrogens with one attached hydrogen (secondary N) is 2. The normalized spacial score (nSPS) is 10.7. The highest BCUT2D eigenvalue weighted by atomic mass is 19.1. The molecular formula is C22H18FN5O. The van der Waals surface area contributed by atoms with E-state index in [1.165, 1.54) is 12.1 Å². The molecule has 0 aliphatic heterocycles. The molecule has 0 radical (unpaired) electrons. The first-order chi connectivity index (χ1) is 14.1. The van der Waals surface area contributed by atoms with E-state index in [1.807, 2.05) is 30.3 Å². The molecule has 7 heteroatoms. The second-order valence-corrected chi connectivity index (χ2v) is 6.53. The number of benzene rings is 2. The standard InChI is InChI=1S/C22H18FN5O/c1-14-12-19(21(29)25-13-15-7-9-17(23)10-8-15)28-22(26-14)27-18-6-2-4-16-5-3-11-24-20(16)18/h2-12H,13H2,1H3,(H,25,29)(H,26,27,28). The largest absolute Gasteiger partial charge is 0.347 e. The molecule has 2 heterocycles. The molecule has 0 aliphatic carbocycles. The summed E-state index contributed by atoms with van der Waals surface area (Å²) in [6, 6.07) is 17.2. The molecule has 4 rings (SSSR count). The van der Waals surface area contributed by atoms with E-state index in [9.17, 15) is 9.18 Å². The average Bonchev–Trinajstić information content (AvgIpc) is 2.73. The van der Waals surface area contributed by atoms with Gasteiger partial charge in [-0.2, -0.15) is 0 Å². The van der Waals surface area contributed by atoms with Crippen LogP contribution in [0.4, 0.5) is 16.0 Å². The Hall–Kier alpha value is -3.87. The van der Waals surface area contributed by atoms with Crippen LogP contribution in [-0.2, 0) is 6.54 Å². The van der Waals surface area contributed by atoms with Gasteiger partial charge in [-0.15, -0.1) is 0 Å². The molecule has 2 aromatic carbocycles. The fourth-order valence-corrected chi connectivity index (χ4v) is 2.94. The van der Waals surface area contributed by atoms with Gasteiger partial charge in [0.25, 0.3) is 5.91 Å². The summed E-state index contributed by atoms with van der Waals surface area (Å²) >= 11 is 0. The Bertz CT molecular complexity index is 1170. The quantitative estimate of drug-likeness (QED) is 0.538. The Balaban J connectivity index is 1.54. The number of para-hydroxylation sites is 1. The Labute approximate surface area is 166 Å². The third-order valence-corrected chi connectivity index (χ3v) is 4.33. The van der Waals surface area contributed by atoms with Gasteiger partial charge in [0.15, 0.2) is 0 Å². The van der Waals surface area contributed by atoms with E-state index in [1.54, 1.807) is 31.3 Å². The topological polar surface area (TPSA) is 79.8 Å². The summed E-state index contributed by atoms with van der Waals surface area (Å²) in [6.07, 6.45) is 1.72. The molecule has 0 unspecified atom stereocenters. The molecule has 144 valence electrons. The number of amides is 1. The van der Waals surface area contributed by atoms with Crippen LogP contribution in [0.5, 0.6) is 0 Å². The van der Waals surface area contributed by atoms with Gasteiger partial charge in [0.1, 0.15) is 11.5 Å². The molecule has 0 fully saturated rings. The minimum atomic E-state index is -0.334. The second-order valence-electron chi connectivity index (χ2n) is 6.53. The van der Waals surface area contributed by atoms with Crippen molar-refractivity contribution in [2.75, 3.05) is 5.32 Å². The van der Waals surface area contributed by atoms with Crippen LogP contribution in [0.2, 0.25) is 0 Å². The van der Waals surface area contributed by atoms with Crippen LogP contribution >= 0.6 is 0 Å². The number of nitrogens with zero attached hydrogens (tertiary/aromatic N) is 3. The lowest BCUT2D eigenvalue weighted by Gasteiger charge is -2.10. The van der Waals surface area contributed by atoms with Crippen LogP contribution in [-0.4, -0.2) is 20.9 Å². The highest BCUT2D eigenvalue weighted by molar-refractivity contribution is 5.93. The molecule has 0 atom stereocenters. The lowest BCUT2D eigenvalue weighted by atomic mass is 10.2. The van der Waals surface area contributed by atoms with Crippen molar-refractivity contribution in [3.63, 3.8) is 0 Å². The highest BCUT2D eigenvalue weighted by Crippen LogP contribution is 2.23. The van der Waals surface area contributed by atoms with Crippen LogP contribution in [0.1, 0.15) is 21.7 Å². The van der Waals surface area contributed by atoms with Gasteiger partial charge < -0.3 is 10.6 Å². The number of anilines is 2. The van der Waals surface area contributed by atoms with Crippen molar-refractivity contribution in [2.45, 2.75) is 13.5 Å². The molecular weight excluding hydrogens is 369 g/mol. The molecule has 1 amide bonds. The maximum Gasteiger partial charge on any atom is 0.270 e. The third kappa shape index (κ3) is 4.35.